The number of hydrogen-bond donors (Lipinski definition) is 1. The SMILES string of the molecule is CCNC(CC)(CC(C)CC)c1nc(C(C)(C)C)cs1. The third kappa shape index (κ3) is 4.05. The minimum Gasteiger partial charge on any atom is -0.306 e. The standard InChI is InChI=1S/C17H32N2S/c1-8-13(4)11-17(9-2,18-10-3)15-19-14(12-20-15)16(5,6)7/h12-13,18H,8-11H2,1-7H3. The van der Waals surface area contributed by atoms with Gasteiger partial charge in [-0.15, -0.1) is 11.3 Å². The number of thiazole rings is 1. The van der Waals surface area contributed by atoms with Crippen LogP contribution in [0.25, 0.3) is 0 Å². The van der Waals surface area contributed by atoms with Crippen LogP contribution in [0.1, 0.15) is 78.4 Å². The molecule has 1 aromatic heterocycles. The summed E-state index contributed by atoms with van der Waals surface area (Å²) in [6, 6.07) is 0. The van der Waals surface area contributed by atoms with Crippen molar-refractivity contribution in [3.63, 3.8) is 0 Å². The average Bonchev–Trinajstić information content (AvgIpc) is 2.87. The molecule has 0 aliphatic carbocycles. The Labute approximate surface area is 129 Å². The zero-order chi connectivity index (χ0) is 15.4. The van der Waals surface area contributed by atoms with Gasteiger partial charge in [0, 0.05) is 10.8 Å². The first-order valence-corrected chi connectivity index (χ1v) is 8.88. The minimum absolute atomic E-state index is 0.0539. The molecular formula is C17H32N2S. The molecule has 0 saturated heterocycles. The molecule has 2 nitrogen and oxygen atoms in total. The van der Waals surface area contributed by atoms with Crippen LogP contribution in [0.5, 0.6) is 0 Å². The van der Waals surface area contributed by atoms with E-state index in [1.54, 1.807) is 0 Å². The summed E-state index contributed by atoms with van der Waals surface area (Å²) in [4.78, 5) is 4.99. The quantitative estimate of drug-likeness (QED) is 0.758. The van der Waals surface area contributed by atoms with Crippen molar-refractivity contribution in [1.82, 2.24) is 10.3 Å². The van der Waals surface area contributed by atoms with Gasteiger partial charge in [0.1, 0.15) is 5.01 Å². The summed E-state index contributed by atoms with van der Waals surface area (Å²) in [6.07, 6.45) is 3.50. The number of aromatic nitrogens is 1. The molecule has 1 N–H and O–H groups in total. The van der Waals surface area contributed by atoms with Gasteiger partial charge in [0.05, 0.1) is 11.2 Å². The van der Waals surface area contributed by atoms with E-state index in [0.29, 0.717) is 0 Å². The maximum atomic E-state index is 4.99. The third-order valence-electron chi connectivity index (χ3n) is 4.19. The van der Waals surface area contributed by atoms with Gasteiger partial charge < -0.3 is 5.32 Å². The second-order valence-corrected chi connectivity index (χ2v) is 7.83. The molecular weight excluding hydrogens is 264 g/mol. The highest BCUT2D eigenvalue weighted by Crippen LogP contribution is 2.36. The molecule has 20 heavy (non-hydrogen) atoms. The van der Waals surface area contributed by atoms with Crippen molar-refractivity contribution in [2.75, 3.05) is 6.54 Å². The van der Waals surface area contributed by atoms with E-state index in [2.05, 4.69) is 59.2 Å². The zero-order valence-corrected chi connectivity index (χ0v) is 15.2. The molecule has 2 unspecified atom stereocenters. The van der Waals surface area contributed by atoms with Crippen LogP contribution in [-0.4, -0.2) is 11.5 Å². The summed E-state index contributed by atoms with van der Waals surface area (Å²) >= 11 is 1.83. The maximum Gasteiger partial charge on any atom is 0.113 e. The molecule has 1 rings (SSSR count). The van der Waals surface area contributed by atoms with E-state index in [9.17, 15) is 0 Å². The Bertz CT molecular complexity index is 405. The Hall–Kier alpha value is -0.410. The predicted molar refractivity (Wildman–Crippen MR) is 90.5 cm³/mol. The number of nitrogens with zero attached hydrogens (tertiary/aromatic N) is 1. The molecule has 0 aromatic carbocycles. The molecule has 3 heteroatoms. The molecule has 0 aliphatic heterocycles. The highest BCUT2D eigenvalue weighted by atomic mass is 32.1. The predicted octanol–water partition coefficient (Wildman–Crippen LogP) is 5.09. The Balaban J connectivity index is 3.12. The van der Waals surface area contributed by atoms with Crippen molar-refractivity contribution in [3.8, 4) is 0 Å². The van der Waals surface area contributed by atoms with E-state index in [1.807, 2.05) is 11.3 Å². The summed E-state index contributed by atoms with van der Waals surface area (Å²) in [7, 11) is 0. The van der Waals surface area contributed by atoms with Crippen LogP contribution < -0.4 is 5.32 Å². The third-order valence-corrected chi connectivity index (χ3v) is 5.24. The smallest absolute Gasteiger partial charge is 0.113 e. The zero-order valence-electron chi connectivity index (χ0n) is 14.3. The molecule has 0 aliphatic rings. The Kier molecular flexibility index (Phi) is 6.21. The van der Waals surface area contributed by atoms with Gasteiger partial charge in [0.2, 0.25) is 0 Å². The molecule has 1 aromatic rings. The van der Waals surface area contributed by atoms with Gasteiger partial charge in [0.15, 0.2) is 0 Å². The molecule has 1 heterocycles. The lowest BCUT2D eigenvalue weighted by Gasteiger charge is -2.34. The highest BCUT2D eigenvalue weighted by Gasteiger charge is 2.34. The average molecular weight is 297 g/mol. The fourth-order valence-electron chi connectivity index (χ4n) is 2.57. The lowest BCUT2D eigenvalue weighted by molar-refractivity contribution is 0.253. The van der Waals surface area contributed by atoms with Gasteiger partial charge in [-0.2, -0.15) is 0 Å². The van der Waals surface area contributed by atoms with Gasteiger partial charge in [-0.25, -0.2) is 4.98 Å². The van der Waals surface area contributed by atoms with Crippen molar-refractivity contribution in [3.05, 3.63) is 16.1 Å². The Morgan fingerprint density at radius 1 is 1.25 bits per heavy atom. The molecule has 0 amide bonds. The first-order valence-electron chi connectivity index (χ1n) is 8.00. The molecule has 0 spiro atoms. The van der Waals surface area contributed by atoms with Crippen LogP contribution in [0.15, 0.2) is 5.38 Å². The fraction of sp³-hybridized carbons (Fsp3) is 0.824. The monoisotopic (exact) mass is 296 g/mol. The van der Waals surface area contributed by atoms with Crippen molar-refractivity contribution < 1.29 is 0 Å². The maximum absolute atomic E-state index is 4.99. The van der Waals surface area contributed by atoms with Crippen LogP contribution in [0.3, 0.4) is 0 Å². The molecule has 0 radical (unpaired) electrons. The lowest BCUT2D eigenvalue weighted by atomic mass is 9.84. The summed E-state index contributed by atoms with van der Waals surface area (Å²) in [5, 5.41) is 7.25. The fourth-order valence-corrected chi connectivity index (χ4v) is 3.88. The van der Waals surface area contributed by atoms with Gasteiger partial charge in [-0.3, -0.25) is 0 Å². The summed E-state index contributed by atoms with van der Waals surface area (Å²) in [6.45, 7) is 16.8. The topological polar surface area (TPSA) is 24.9 Å². The van der Waals surface area contributed by atoms with Crippen molar-refractivity contribution in [2.24, 2.45) is 5.92 Å². The number of nitrogens with one attached hydrogen (secondary N) is 1. The van der Waals surface area contributed by atoms with Gasteiger partial charge in [0.25, 0.3) is 0 Å². The van der Waals surface area contributed by atoms with Crippen molar-refractivity contribution >= 4 is 11.3 Å². The molecule has 0 bridgehead atoms. The first-order chi connectivity index (χ1) is 9.29. The van der Waals surface area contributed by atoms with Gasteiger partial charge in [-0.1, -0.05) is 54.9 Å². The van der Waals surface area contributed by atoms with Crippen LogP contribution in [-0.2, 0) is 11.0 Å². The number of hydrogen-bond acceptors (Lipinski definition) is 3. The highest BCUT2D eigenvalue weighted by molar-refractivity contribution is 7.09. The van der Waals surface area contributed by atoms with E-state index in [4.69, 9.17) is 4.98 Å². The van der Waals surface area contributed by atoms with E-state index >= 15 is 0 Å². The van der Waals surface area contributed by atoms with E-state index in [-0.39, 0.29) is 11.0 Å². The summed E-state index contributed by atoms with van der Waals surface area (Å²) in [5.74, 6) is 0.719. The van der Waals surface area contributed by atoms with Crippen LogP contribution in [0, 0.1) is 5.92 Å². The normalized spacial score (nSPS) is 16.9. The molecule has 0 saturated carbocycles. The van der Waals surface area contributed by atoms with Crippen LogP contribution >= 0.6 is 11.3 Å². The summed E-state index contributed by atoms with van der Waals surface area (Å²) in [5.41, 5.74) is 1.41. The minimum atomic E-state index is 0.0539. The Morgan fingerprint density at radius 2 is 1.90 bits per heavy atom. The number of rotatable bonds is 7. The van der Waals surface area contributed by atoms with Crippen LogP contribution in [0.4, 0.5) is 0 Å². The molecule has 116 valence electrons. The second-order valence-electron chi connectivity index (χ2n) is 6.97. The van der Waals surface area contributed by atoms with E-state index in [1.165, 1.54) is 23.5 Å². The Morgan fingerprint density at radius 3 is 2.30 bits per heavy atom. The first kappa shape index (κ1) is 17.6. The largest absolute Gasteiger partial charge is 0.306 e. The second kappa shape index (κ2) is 7.04. The van der Waals surface area contributed by atoms with Crippen LogP contribution in [0.2, 0.25) is 0 Å². The van der Waals surface area contributed by atoms with Gasteiger partial charge >= 0.3 is 0 Å². The van der Waals surface area contributed by atoms with Crippen molar-refractivity contribution in [2.45, 2.75) is 78.7 Å². The van der Waals surface area contributed by atoms with Gasteiger partial charge in [-0.05, 0) is 25.3 Å². The molecule has 0 fully saturated rings. The van der Waals surface area contributed by atoms with Crippen molar-refractivity contribution in [1.29, 1.82) is 0 Å². The van der Waals surface area contributed by atoms with E-state index in [0.717, 1.165) is 18.9 Å². The molecule has 2 atom stereocenters. The summed E-state index contributed by atoms with van der Waals surface area (Å²) < 4.78 is 0. The lowest BCUT2D eigenvalue weighted by Crippen LogP contribution is -2.43. The van der Waals surface area contributed by atoms with E-state index < -0.39 is 0 Å².